The number of unbranched alkanes of at least 4 members (excludes halogenated alkanes) is 2. The molecule has 4 nitrogen and oxygen atoms in total. The number of hydrogen-bond donors (Lipinski definition) is 0. The molecule has 0 saturated heterocycles. The van der Waals surface area contributed by atoms with E-state index in [1.807, 2.05) is 48.5 Å². The van der Waals surface area contributed by atoms with E-state index in [9.17, 15) is 5.26 Å². The average molecular weight is 374 g/mol. The average Bonchev–Trinajstić information content (AvgIpc) is 2.74. The van der Waals surface area contributed by atoms with E-state index < -0.39 is 0 Å². The Morgan fingerprint density at radius 2 is 1.32 bits per heavy atom. The maximum Gasteiger partial charge on any atom is 0.212 e. The Morgan fingerprint density at radius 1 is 0.857 bits per heavy atom. The van der Waals surface area contributed by atoms with Gasteiger partial charge in [-0.15, -0.1) is 0 Å². The van der Waals surface area contributed by atoms with Crippen LogP contribution in [0.3, 0.4) is 0 Å². The summed E-state index contributed by atoms with van der Waals surface area (Å²) in [5.41, 5.74) is 2.11. The molecule has 144 valence electrons. The summed E-state index contributed by atoms with van der Waals surface area (Å²) in [5.74, 6) is 1.54. The predicted molar refractivity (Wildman–Crippen MR) is 113 cm³/mol. The van der Waals surface area contributed by atoms with Crippen LogP contribution in [0, 0.1) is 17.9 Å². The fourth-order valence-electron chi connectivity index (χ4n) is 2.61. The molecule has 0 saturated carbocycles. The highest BCUT2D eigenvalue weighted by molar-refractivity contribution is 5.99. The molecule has 0 aliphatic heterocycles. The van der Waals surface area contributed by atoms with Gasteiger partial charge in [0.1, 0.15) is 11.5 Å². The molecule has 0 fully saturated rings. The molecular weight excluding hydrogens is 348 g/mol. The van der Waals surface area contributed by atoms with E-state index in [4.69, 9.17) is 16.0 Å². The fraction of sp³-hybridized carbons (Fsp3) is 0.333. The van der Waals surface area contributed by atoms with Crippen LogP contribution < -0.4 is 9.47 Å². The topological polar surface area (TPSA) is 46.6 Å². The Morgan fingerprint density at radius 3 is 1.71 bits per heavy atom. The van der Waals surface area contributed by atoms with Crippen LogP contribution in [0.15, 0.2) is 48.5 Å². The molecule has 2 aromatic carbocycles. The van der Waals surface area contributed by atoms with Crippen LogP contribution in [0.2, 0.25) is 0 Å². The quantitative estimate of drug-likeness (QED) is 0.210. The smallest absolute Gasteiger partial charge is 0.212 e. The van der Waals surface area contributed by atoms with Crippen LogP contribution in [0.25, 0.3) is 16.1 Å². The molecular formula is C24H26N2O2. The van der Waals surface area contributed by atoms with Gasteiger partial charge in [-0.05, 0) is 48.2 Å². The monoisotopic (exact) mass is 374 g/mol. The zero-order valence-electron chi connectivity index (χ0n) is 16.6. The van der Waals surface area contributed by atoms with Crippen molar-refractivity contribution in [2.75, 3.05) is 13.2 Å². The van der Waals surface area contributed by atoms with Crippen LogP contribution in [-0.2, 0) is 0 Å². The number of rotatable bonds is 10. The first kappa shape index (κ1) is 21.1. The molecule has 4 heteroatoms. The second-order valence-electron chi connectivity index (χ2n) is 6.40. The predicted octanol–water partition coefficient (Wildman–Crippen LogP) is 6.36. The van der Waals surface area contributed by atoms with Crippen molar-refractivity contribution in [2.45, 2.75) is 39.5 Å². The van der Waals surface area contributed by atoms with Crippen molar-refractivity contribution in [3.8, 4) is 17.6 Å². The maximum atomic E-state index is 9.68. The molecule has 2 aromatic rings. The molecule has 0 amide bonds. The summed E-state index contributed by atoms with van der Waals surface area (Å²) in [6.45, 7) is 13.2. The molecule has 0 atom stereocenters. The molecule has 0 aromatic heterocycles. The Bertz CT molecular complexity index is 780. The zero-order valence-corrected chi connectivity index (χ0v) is 16.6. The van der Waals surface area contributed by atoms with E-state index in [1.54, 1.807) is 0 Å². The lowest BCUT2D eigenvalue weighted by molar-refractivity contribution is 0.309. The number of nitriles is 1. The third kappa shape index (κ3) is 5.89. The lowest BCUT2D eigenvalue weighted by Gasteiger charge is -2.09. The second-order valence-corrected chi connectivity index (χ2v) is 6.40. The molecule has 28 heavy (non-hydrogen) atoms. The molecule has 0 unspecified atom stereocenters. The van der Waals surface area contributed by atoms with E-state index in [0.717, 1.165) is 37.2 Å². The molecule has 2 rings (SSSR count). The first-order valence-corrected chi connectivity index (χ1v) is 9.71. The van der Waals surface area contributed by atoms with Gasteiger partial charge in [0.25, 0.3) is 0 Å². The Kier molecular flexibility index (Phi) is 8.63. The van der Waals surface area contributed by atoms with E-state index >= 15 is 0 Å². The number of allylic oxidation sites excluding steroid dienone is 1. The van der Waals surface area contributed by atoms with Gasteiger partial charge in [0.2, 0.25) is 5.70 Å². The summed E-state index contributed by atoms with van der Waals surface area (Å²) in [6.07, 6.45) is 4.17. The van der Waals surface area contributed by atoms with E-state index in [1.165, 1.54) is 0 Å². The number of nitrogens with zero attached hydrogens (tertiary/aromatic N) is 2. The number of benzene rings is 2. The summed E-state index contributed by atoms with van der Waals surface area (Å²) >= 11 is 0. The van der Waals surface area contributed by atoms with Gasteiger partial charge in [-0.3, -0.25) is 0 Å². The van der Waals surface area contributed by atoms with Crippen molar-refractivity contribution in [1.29, 1.82) is 5.26 Å². The minimum atomic E-state index is 0.335. The summed E-state index contributed by atoms with van der Waals surface area (Å²) in [4.78, 5) is 3.63. The van der Waals surface area contributed by atoms with E-state index in [-0.39, 0.29) is 0 Å². The third-order valence-electron chi connectivity index (χ3n) is 4.26. The Labute approximate surface area is 167 Å². The van der Waals surface area contributed by atoms with Gasteiger partial charge in [0, 0.05) is 0 Å². The van der Waals surface area contributed by atoms with Crippen LogP contribution in [0.4, 0.5) is 0 Å². The highest BCUT2D eigenvalue weighted by atomic mass is 16.5. The Balaban J connectivity index is 2.22. The lowest BCUT2D eigenvalue weighted by Crippen LogP contribution is -1.97. The van der Waals surface area contributed by atoms with Gasteiger partial charge in [-0.2, -0.15) is 5.26 Å². The first-order valence-electron chi connectivity index (χ1n) is 9.71. The lowest BCUT2D eigenvalue weighted by atomic mass is 10.0. The van der Waals surface area contributed by atoms with Crippen molar-refractivity contribution >= 4 is 11.3 Å². The molecule has 0 aliphatic rings. The maximum absolute atomic E-state index is 9.68. The van der Waals surface area contributed by atoms with Gasteiger partial charge in [-0.25, -0.2) is 4.85 Å². The van der Waals surface area contributed by atoms with Crippen LogP contribution in [0.5, 0.6) is 11.5 Å². The summed E-state index contributed by atoms with van der Waals surface area (Å²) in [6, 6.07) is 16.9. The minimum absolute atomic E-state index is 0.335. The van der Waals surface area contributed by atoms with Crippen molar-refractivity contribution < 1.29 is 9.47 Å². The van der Waals surface area contributed by atoms with Crippen LogP contribution in [0.1, 0.15) is 50.7 Å². The van der Waals surface area contributed by atoms with Gasteiger partial charge in [0.15, 0.2) is 0 Å². The van der Waals surface area contributed by atoms with E-state index in [0.29, 0.717) is 35.6 Å². The van der Waals surface area contributed by atoms with Crippen LogP contribution in [-0.4, -0.2) is 13.2 Å². The van der Waals surface area contributed by atoms with Gasteiger partial charge in [-0.1, -0.05) is 51.0 Å². The fourth-order valence-corrected chi connectivity index (χ4v) is 2.61. The number of ether oxygens (including phenoxy) is 2. The number of hydrogen-bond acceptors (Lipinski definition) is 3. The largest absolute Gasteiger partial charge is 0.494 e. The summed E-state index contributed by atoms with van der Waals surface area (Å²) < 4.78 is 11.3. The molecule has 0 bridgehead atoms. The van der Waals surface area contributed by atoms with Crippen molar-refractivity contribution in [3.05, 3.63) is 71.1 Å². The Hall–Kier alpha value is -3.24. The second kappa shape index (κ2) is 11.5. The standard InChI is InChI=1S/C24H26N2O2/c1-4-6-16-27-21-12-8-19(9-13-21)23(18-25)24(26-3)20-10-14-22(15-11-20)28-17-7-5-2/h8-15H,4-7,16-17H2,1-2H3/b24-23-. The van der Waals surface area contributed by atoms with Crippen molar-refractivity contribution in [2.24, 2.45) is 0 Å². The zero-order chi connectivity index (χ0) is 20.2. The highest BCUT2D eigenvalue weighted by Crippen LogP contribution is 2.29. The van der Waals surface area contributed by atoms with Crippen molar-refractivity contribution in [1.82, 2.24) is 0 Å². The molecule has 0 N–H and O–H groups in total. The minimum Gasteiger partial charge on any atom is -0.494 e. The summed E-state index contributed by atoms with van der Waals surface area (Å²) in [7, 11) is 0. The highest BCUT2D eigenvalue weighted by Gasteiger charge is 2.12. The van der Waals surface area contributed by atoms with Gasteiger partial charge >= 0.3 is 0 Å². The van der Waals surface area contributed by atoms with Crippen LogP contribution >= 0.6 is 0 Å². The van der Waals surface area contributed by atoms with E-state index in [2.05, 4.69) is 24.8 Å². The first-order chi connectivity index (χ1) is 13.7. The summed E-state index contributed by atoms with van der Waals surface area (Å²) in [5, 5.41) is 9.68. The third-order valence-corrected chi connectivity index (χ3v) is 4.26. The normalized spacial score (nSPS) is 11.1. The molecule has 0 aliphatic carbocycles. The van der Waals surface area contributed by atoms with Crippen molar-refractivity contribution in [3.63, 3.8) is 0 Å². The van der Waals surface area contributed by atoms with Gasteiger partial charge < -0.3 is 9.47 Å². The van der Waals surface area contributed by atoms with Gasteiger partial charge in [0.05, 0.1) is 31.4 Å². The molecule has 0 radical (unpaired) electrons. The molecule has 0 spiro atoms. The SMILES string of the molecule is [C-]#[N+]/C(=C(/C#N)c1ccc(OCCCC)cc1)c1ccc(OCCCC)cc1. The molecule has 0 heterocycles.